The summed E-state index contributed by atoms with van der Waals surface area (Å²) in [5.74, 6) is -1.61. The zero-order valence-corrected chi connectivity index (χ0v) is 24.5. The largest absolute Gasteiger partial charge is 0.360 e. The van der Waals surface area contributed by atoms with Crippen LogP contribution in [0.15, 0.2) is 71.3 Å². The van der Waals surface area contributed by atoms with Crippen LogP contribution in [0.4, 0.5) is 14.5 Å². The standard InChI is InChI=1S/C31H28ClF2N5O5/c1-20-27(29(35-44-20)28-25(32)6-3-7-26(28)34)31(41)38(19-21-8-10-23(33)11-9-21)17-14-36-12-15-37(16-13-36)30(40)22-4-2-5-24(18-22)39(42)43/h2-11,18H,12-17,19H2,1H3. The first kappa shape index (κ1) is 30.8. The monoisotopic (exact) mass is 623 g/mol. The number of aromatic nitrogens is 1. The molecule has 3 aromatic carbocycles. The quantitative estimate of drug-likeness (QED) is 0.176. The van der Waals surface area contributed by atoms with E-state index in [1.54, 1.807) is 34.9 Å². The molecule has 0 atom stereocenters. The van der Waals surface area contributed by atoms with Crippen LogP contribution in [0.2, 0.25) is 5.02 Å². The molecule has 0 N–H and O–H groups in total. The fourth-order valence-electron chi connectivity index (χ4n) is 5.11. The highest BCUT2D eigenvalue weighted by molar-refractivity contribution is 6.33. The molecule has 1 saturated heterocycles. The summed E-state index contributed by atoms with van der Waals surface area (Å²) in [4.78, 5) is 42.9. The minimum absolute atomic E-state index is 0.00650. The maximum Gasteiger partial charge on any atom is 0.270 e. The molecule has 5 rings (SSSR count). The van der Waals surface area contributed by atoms with Crippen molar-refractivity contribution in [3.8, 4) is 11.3 Å². The molecule has 4 aromatic rings. The van der Waals surface area contributed by atoms with E-state index in [1.807, 2.05) is 0 Å². The van der Waals surface area contributed by atoms with Crippen molar-refractivity contribution < 1.29 is 27.8 Å². The number of nitro benzene ring substituents is 1. The third kappa shape index (κ3) is 6.76. The number of non-ortho nitro benzene ring substituents is 1. The van der Waals surface area contributed by atoms with Crippen LogP contribution in [0, 0.1) is 28.7 Å². The Balaban J connectivity index is 1.31. The van der Waals surface area contributed by atoms with E-state index in [0.717, 1.165) is 0 Å². The molecule has 1 aliphatic heterocycles. The SMILES string of the molecule is Cc1onc(-c2c(F)cccc2Cl)c1C(=O)N(CCN1CCN(C(=O)c2cccc([N+](=O)[O-])c2)CC1)Cc1ccc(F)cc1. The average molecular weight is 624 g/mol. The van der Waals surface area contributed by atoms with Gasteiger partial charge in [-0.05, 0) is 42.8 Å². The van der Waals surface area contributed by atoms with Crippen molar-refractivity contribution in [3.63, 3.8) is 0 Å². The smallest absolute Gasteiger partial charge is 0.270 e. The average Bonchev–Trinajstić information content (AvgIpc) is 3.40. The molecule has 1 aliphatic rings. The maximum atomic E-state index is 14.8. The third-order valence-corrected chi connectivity index (χ3v) is 7.81. The van der Waals surface area contributed by atoms with Crippen molar-refractivity contribution in [1.82, 2.24) is 19.9 Å². The molecule has 0 unspecified atom stereocenters. The number of amides is 2. The van der Waals surface area contributed by atoms with Crippen LogP contribution in [0.1, 0.15) is 32.0 Å². The molecule has 0 radical (unpaired) electrons. The molecule has 228 valence electrons. The Hall–Kier alpha value is -4.68. The van der Waals surface area contributed by atoms with Gasteiger partial charge in [0.2, 0.25) is 0 Å². The topological polar surface area (TPSA) is 113 Å². The zero-order chi connectivity index (χ0) is 31.4. The van der Waals surface area contributed by atoms with Gasteiger partial charge in [-0.15, -0.1) is 0 Å². The molecule has 0 bridgehead atoms. The fraction of sp³-hybridized carbons (Fsp3) is 0.258. The summed E-state index contributed by atoms with van der Waals surface area (Å²) in [5, 5.41) is 15.2. The van der Waals surface area contributed by atoms with Gasteiger partial charge in [-0.3, -0.25) is 24.6 Å². The second-order valence-electron chi connectivity index (χ2n) is 10.4. The molecule has 13 heteroatoms. The normalized spacial score (nSPS) is 13.6. The summed E-state index contributed by atoms with van der Waals surface area (Å²) in [6.07, 6.45) is 0. The van der Waals surface area contributed by atoms with Gasteiger partial charge in [0, 0.05) is 63.5 Å². The number of nitro groups is 1. The summed E-state index contributed by atoms with van der Waals surface area (Å²) in [6.45, 7) is 4.23. The summed E-state index contributed by atoms with van der Waals surface area (Å²) in [7, 11) is 0. The highest BCUT2D eigenvalue weighted by Crippen LogP contribution is 2.34. The van der Waals surface area contributed by atoms with Crippen LogP contribution >= 0.6 is 11.6 Å². The Morgan fingerprint density at radius 1 is 1.05 bits per heavy atom. The molecule has 1 aromatic heterocycles. The summed E-state index contributed by atoms with van der Waals surface area (Å²) in [6, 6.07) is 15.6. The maximum absolute atomic E-state index is 14.8. The Bertz CT molecular complexity index is 1670. The van der Waals surface area contributed by atoms with E-state index in [1.165, 1.54) is 48.5 Å². The van der Waals surface area contributed by atoms with Crippen LogP contribution in [0.25, 0.3) is 11.3 Å². The lowest BCUT2D eigenvalue weighted by Gasteiger charge is -2.36. The van der Waals surface area contributed by atoms with Gasteiger partial charge >= 0.3 is 0 Å². The first-order valence-electron chi connectivity index (χ1n) is 13.8. The van der Waals surface area contributed by atoms with Gasteiger partial charge in [-0.2, -0.15) is 0 Å². The molecule has 1 fully saturated rings. The van der Waals surface area contributed by atoms with E-state index in [0.29, 0.717) is 38.3 Å². The lowest BCUT2D eigenvalue weighted by atomic mass is 10.0. The van der Waals surface area contributed by atoms with Crippen molar-refractivity contribution in [3.05, 3.63) is 116 Å². The van der Waals surface area contributed by atoms with Crippen molar-refractivity contribution in [2.75, 3.05) is 39.3 Å². The number of piperazine rings is 1. The van der Waals surface area contributed by atoms with Gasteiger partial charge in [0.15, 0.2) is 0 Å². The lowest BCUT2D eigenvalue weighted by Crippen LogP contribution is -2.50. The van der Waals surface area contributed by atoms with Gasteiger partial charge in [-0.1, -0.05) is 41.0 Å². The molecule has 0 aliphatic carbocycles. The van der Waals surface area contributed by atoms with E-state index in [4.69, 9.17) is 16.1 Å². The number of carbonyl (C=O) groups excluding carboxylic acids is 2. The van der Waals surface area contributed by atoms with Crippen molar-refractivity contribution in [2.45, 2.75) is 13.5 Å². The molecular formula is C31H28ClF2N5O5. The van der Waals surface area contributed by atoms with Gasteiger partial charge in [-0.25, -0.2) is 8.78 Å². The molecule has 0 saturated carbocycles. The van der Waals surface area contributed by atoms with Gasteiger partial charge in [0.25, 0.3) is 17.5 Å². The lowest BCUT2D eigenvalue weighted by molar-refractivity contribution is -0.384. The van der Waals surface area contributed by atoms with Gasteiger partial charge in [0.1, 0.15) is 28.7 Å². The number of aryl methyl sites for hydroxylation is 1. The first-order valence-corrected chi connectivity index (χ1v) is 14.2. The van der Waals surface area contributed by atoms with Crippen molar-refractivity contribution >= 4 is 29.1 Å². The molecular weight excluding hydrogens is 596 g/mol. The zero-order valence-electron chi connectivity index (χ0n) is 23.7. The summed E-state index contributed by atoms with van der Waals surface area (Å²) >= 11 is 6.28. The van der Waals surface area contributed by atoms with Crippen LogP contribution in [0.5, 0.6) is 0 Å². The highest BCUT2D eigenvalue weighted by Gasteiger charge is 2.30. The van der Waals surface area contributed by atoms with E-state index >= 15 is 0 Å². The summed E-state index contributed by atoms with van der Waals surface area (Å²) < 4.78 is 33.8. The predicted molar refractivity (Wildman–Crippen MR) is 158 cm³/mol. The second kappa shape index (κ2) is 13.3. The van der Waals surface area contributed by atoms with Gasteiger partial charge in [0.05, 0.1) is 15.5 Å². The predicted octanol–water partition coefficient (Wildman–Crippen LogP) is 5.59. The number of carbonyl (C=O) groups is 2. The molecule has 0 spiro atoms. The summed E-state index contributed by atoms with van der Waals surface area (Å²) in [5.41, 5.74) is 0.814. The Morgan fingerprint density at radius 2 is 1.75 bits per heavy atom. The number of benzene rings is 3. The van der Waals surface area contributed by atoms with Crippen LogP contribution in [0.3, 0.4) is 0 Å². The van der Waals surface area contributed by atoms with E-state index in [9.17, 15) is 28.5 Å². The molecule has 10 nitrogen and oxygen atoms in total. The molecule has 2 heterocycles. The van der Waals surface area contributed by atoms with Crippen LogP contribution < -0.4 is 0 Å². The highest BCUT2D eigenvalue weighted by atomic mass is 35.5. The number of hydrogen-bond acceptors (Lipinski definition) is 7. The van der Waals surface area contributed by atoms with E-state index in [2.05, 4.69) is 10.1 Å². The Morgan fingerprint density at radius 3 is 2.43 bits per heavy atom. The third-order valence-electron chi connectivity index (χ3n) is 7.50. The van der Waals surface area contributed by atoms with Gasteiger partial charge < -0.3 is 14.3 Å². The molecule has 2 amide bonds. The number of hydrogen-bond donors (Lipinski definition) is 0. The Labute approximate surface area is 256 Å². The minimum atomic E-state index is -0.650. The first-order chi connectivity index (χ1) is 21.1. The number of halogens is 3. The van der Waals surface area contributed by atoms with Crippen LogP contribution in [-0.4, -0.2) is 75.9 Å². The Kier molecular flexibility index (Phi) is 9.31. The van der Waals surface area contributed by atoms with E-state index < -0.39 is 22.5 Å². The van der Waals surface area contributed by atoms with Crippen molar-refractivity contribution in [1.29, 1.82) is 0 Å². The fourth-order valence-corrected chi connectivity index (χ4v) is 5.36. The van der Waals surface area contributed by atoms with Crippen LogP contribution in [-0.2, 0) is 6.54 Å². The minimum Gasteiger partial charge on any atom is -0.360 e. The number of nitrogens with zero attached hydrogens (tertiary/aromatic N) is 5. The molecule has 44 heavy (non-hydrogen) atoms. The number of rotatable bonds is 9. The van der Waals surface area contributed by atoms with E-state index in [-0.39, 0.29) is 57.9 Å². The second-order valence-corrected chi connectivity index (χ2v) is 10.8. The van der Waals surface area contributed by atoms with Crippen molar-refractivity contribution in [2.24, 2.45) is 0 Å².